The molecule has 3 heteroatoms. The molecule has 3 atom stereocenters. The van der Waals surface area contributed by atoms with Crippen LogP contribution in [0.15, 0.2) is 36.8 Å². The smallest absolute Gasteiger partial charge is 0.0956 e. The van der Waals surface area contributed by atoms with Crippen LogP contribution in [0.2, 0.25) is 0 Å². The van der Waals surface area contributed by atoms with Crippen molar-refractivity contribution >= 4 is 0 Å². The molecule has 1 aromatic heterocycles. The van der Waals surface area contributed by atoms with Gasteiger partial charge >= 0.3 is 0 Å². The minimum atomic E-state index is -0.151. The fourth-order valence-corrected chi connectivity index (χ4v) is 4.88. The third-order valence-electron chi connectivity index (χ3n) is 5.95. The fraction of sp³-hybridized carbons (Fsp3) is 0.471. The summed E-state index contributed by atoms with van der Waals surface area (Å²) in [6.45, 7) is 0. The van der Waals surface area contributed by atoms with Crippen molar-refractivity contribution in [2.75, 3.05) is 0 Å². The van der Waals surface area contributed by atoms with Crippen molar-refractivity contribution in [2.24, 2.45) is 11.3 Å². The predicted molar refractivity (Wildman–Crippen MR) is 76.2 cm³/mol. The minimum absolute atomic E-state index is 0.151. The summed E-state index contributed by atoms with van der Waals surface area (Å²) in [5.41, 5.74) is 4.28. The van der Waals surface area contributed by atoms with Crippen molar-refractivity contribution in [1.82, 2.24) is 9.55 Å². The molecular weight excluding hydrogens is 248 g/mol. The van der Waals surface area contributed by atoms with Crippen LogP contribution in [0.1, 0.15) is 37.3 Å². The maximum atomic E-state index is 10.4. The number of imidazole rings is 1. The second-order valence-corrected chi connectivity index (χ2v) is 6.73. The first-order valence-corrected chi connectivity index (χ1v) is 7.59. The molecule has 2 heterocycles. The van der Waals surface area contributed by atoms with Crippen molar-refractivity contribution in [1.29, 1.82) is 0 Å². The number of hydrogen-bond acceptors (Lipinski definition) is 2. The summed E-state index contributed by atoms with van der Waals surface area (Å²) in [6, 6.07) is 8.90. The number of aromatic nitrogens is 2. The van der Waals surface area contributed by atoms with Gasteiger partial charge < -0.3 is 9.67 Å². The Morgan fingerprint density at radius 1 is 1.25 bits per heavy atom. The molecule has 2 aliphatic carbocycles. The molecule has 0 unspecified atom stereocenters. The van der Waals surface area contributed by atoms with Crippen LogP contribution in [0.25, 0.3) is 11.3 Å². The van der Waals surface area contributed by atoms with E-state index in [1.165, 1.54) is 36.1 Å². The highest BCUT2D eigenvalue weighted by molar-refractivity contribution is 5.69. The van der Waals surface area contributed by atoms with E-state index >= 15 is 0 Å². The third kappa shape index (κ3) is 1.14. The molecule has 2 fully saturated rings. The van der Waals surface area contributed by atoms with Gasteiger partial charge in [0.15, 0.2) is 0 Å². The van der Waals surface area contributed by atoms with Gasteiger partial charge in [0.25, 0.3) is 0 Å². The third-order valence-corrected chi connectivity index (χ3v) is 5.95. The molecule has 0 amide bonds. The number of fused-ring (bicyclic) bond motifs is 3. The number of nitrogens with zero attached hydrogens (tertiary/aromatic N) is 2. The van der Waals surface area contributed by atoms with Crippen LogP contribution >= 0.6 is 0 Å². The molecule has 1 spiro atoms. The van der Waals surface area contributed by atoms with Gasteiger partial charge in [0.05, 0.1) is 30.4 Å². The number of aliphatic hydroxyl groups is 1. The van der Waals surface area contributed by atoms with Gasteiger partial charge in [-0.2, -0.15) is 0 Å². The molecule has 3 nitrogen and oxygen atoms in total. The summed E-state index contributed by atoms with van der Waals surface area (Å²) in [5, 5.41) is 10.4. The Morgan fingerprint density at radius 3 is 2.85 bits per heavy atom. The van der Waals surface area contributed by atoms with Crippen molar-refractivity contribution in [3.05, 3.63) is 42.4 Å². The lowest BCUT2D eigenvalue weighted by molar-refractivity contribution is -0.165. The van der Waals surface area contributed by atoms with Crippen molar-refractivity contribution < 1.29 is 5.11 Å². The maximum absolute atomic E-state index is 10.4. The first-order chi connectivity index (χ1) is 9.80. The highest BCUT2D eigenvalue weighted by Gasteiger charge is 2.60. The van der Waals surface area contributed by atoms with Gasteiger partial charge in [0.1, 0.15) is 0 Å². The zero-order chi connectivity index (χ0) is 13.3. The number of aliphatic hydroxyl groups excluding tert-OH is 1. The number of rotatable bonds is 1. The standard InChI is InChI=1S/C17H18N2O/c20-14-8-17(6-3-7-17)15(14)16-12-5-2-1-4-11(12)13-9-18-10-19(13)16/h1-2,4-5,9-10,14-16,20H,3,6-8H2/t14-,15-,16-/m0/s1. The van der Waals surface area contributed by atoms with E-state index in [0.29, 0.717) is 11.3 Å². The average molecular weight is 266 g/mol. The maximum Gasteiger partial charge on any atom is 0.0956 e. The Kier molecular flexibility index (Phi) is 1.96. The Labute approximate surface area is 118 Å². The Hall–Kier alpha value is -1.61. The van der Waals surface area contributed by atoms with Crippen LogP contribution in [0.5, 0.6) is 0 Å². The molecule has 102 valence electrons. The lowest BCUT2D eigenvalue weighted by atomic mass is 9.46. The SMILES string of the molecule is O[C@H]1CC2(CCC2)[C@@H]1[C@@H]1c2ccccc2-c2cncn21. The molecule has 2 saturated carbocycles. The quantitative estimate of drug-likeness (QED) is 0.861. The summed E-state index contributed by atoms with van der Waals surface area (Å²) in [4.78, 5) is 4.33. The minimum Gasteiger partial charge on any atom is -0.393 e. The summed E-state index contributed by atoms with van der Waals surface area (Å²) < 4.78 is 2.29. The Bertz CT molecular complexity index is 686. The monoisotopic (exact) mass is 266 g/mol. The highest BCUT2D eigenvalue weighted by Crippen LogP contribution is 2.65. The van der Waals surface area contributed by atoms with Gasteiger partial charge in [-0.3, -0.25) is 0 Å². The van der Waals surface area contributed by atoms with Crippen LogP contribution in [0.3, 0.4) is 0 Å². The van der Waals surface area contributed by atoms with E-state index in [4.69, 9.17) is 0 Å². The summed E-state index contributed by atoms with van der Waals surface area (Å²) >= 11 is 0. The highest BCUT2D eigenvalue weighted by atomic mass is 16.3. The second-order valence-electron chi connectivity index (χ2n) is 6.73. The van der Waals surface area contributed by atoms with Crippen LogP contribution < -0.4 is 0 Å². The largest absolute Gasteiger partial charge is 0.393 e. The topological polar surface area (TPSA) is 38.1 Å². The van der Waals surface area contributed by atoms with E-state index in [1.54, 1.807) is 0 Å². The van der Waals surface area contributed by atoms with Crippen molar-refractivity contribution in [3.63, 3.8) is 0 Å². The molecule has 1 N–H and O–H groups in total. The predicted octanol–water partition coefficient (Wildman–Crippen LogP) is 3.00. The van der Waals surface area contributed by atoms with Crippen LogP contribution in [-0.4, -0.2) is 20.8 Å². The fourth-order valence-electron chi connectivity index (χ4n) is 4.88. The lowest BCUT2D eigenvalue weighted by Gasteiger charge is -2.61. The van der Waals surface area contributed by atoms with Crippen LogP contribution in [0, 0.1) is 11.3 Å². The summed E-state index contributed by atoms with van der Waals surface area (Å²) in [5.74, 6) is 0.368. The Morgan fingerprint density at radius 2 is 2.10 bits per heavy atom. The summed E-state index contributed by atoms with van der Waals surface area (Å²) in [6.07, 6.45) is 8.65. The van der Waals surface area contributed by atoms with Gasteiger partial charge in [0.2, 0.25) is 0 Å². The molecule has 1 aliphatic heterocycles. The first-order valence-electron chi connectivity index (χ1n) is 7.59. The lowest BCUT2D eigenvalue weighted by Crippen LogP contribution is -2.58. The number of benzene rings is 1. The van der Waals surface area contributed by atoms with Gasteiger partial charge in [-0.05, 0) is 30.2 Å². The molecular formula is C17H18N2O. The normalized spacial score (nSPS) is 32.4. The molecule has 0 radical (unpaired) electrons. The van der Waals surface area contributed by atoms with Crippen LogP contribution in [-0.2, 0) is 0 Å². The van der Waals surface area contributed by atoms with E-state index in [-0.39, 0.29) is 12.1 Å². The van der Waals surface area contributed by atoms with E-state index < -0.39 is 0 Å². The number of hydrogen-bond donors (Lipinski definition) is 1. The Balaban J connectivity index is 1.68. The second kappa shape index (κ2) is 3.53. The van der Waals surface area contributed by atoms with Gasteiger partial charge in [-0.1, -0.05) is 30.7 Å². The first kappa shape index (κ1) is 11.1. The molecule has 5 rings (SSSR count). The van der Waals surface area contributed by atoms with E-state index in [0.717, 1.165) is 6.42 Å². The summed E-state index contributed by atoms with van der Waals surface area (Å²) in [7, 11) is 0. The molecule has 1 aromatic carbocycles. The molecule has 3 aliphatic rings. The van der Waals surface area contributed by atoms with E-state index in [2.05, 4.69) is 33.8 Å². The van der Waals surface area contributed by atoms with Crippen molar-refractivity contribution in [3.8, 4) is 11.3 Å². The van der Waals surface area contributed by atoms with Crippen molar-refractivity contribution in [2.45, 2.75) is 37.8 Å². The zero-order valence-electron chi connectivity index (χ0n) is 11.4. The average Bonchev–Trinajstić information content (AvgIpc) is 2.97. The van der Waals surface area contributed by atoms with Gasteiger partial charge in [-0.25, -0.2) is 4.98 Å². The van der Waals surface area contributed by atoms with Crippen LogP contribution in [0.4, 0.5) is 0 Å². The van der Waals surface area contributed by atoms with E-state index in [9.17, 15) is 5.11 Å². The zero-order valence-corrected chi connectivity index (χ0v) is 11.4. The van der Waals surface area contributed by atoms with Gasteiger partial charge in [-0.15, -0.1) is 0 Å². The molecule has 0 saturated heterocycles. The molecule has 0 bridgehead atoms. The van der Waals surface area contributed by atoms with Gasteiger partial charge in [0, 0.05) is 11.5 Å². The molecule has 20 heavy (non-hydrogen) atoms. The van der Waals surface area contributed by atoms with E-state index in [1.807, 2.05) is 12.5 Å². The molecule has 2 aromatic rings.